The Bertz CT molecular complexity index is 637. The zero-order valence-electron chi connectivity index (χ0n) is 8.90. The van der Waals surface area contributed by atoms with E-state index in [9.17, 15) is 14.7 Å². The van der Waals surface area contributed by atoms with Crippen LogP contribution in [0.2, 0.25) is 0 Å². The van der Waals surface area contributed by atoms with Gasteiger partial charge in [0.05, 0.1) is 0 Å². The van der Waals surface area contributed by atoms with Crippen molar-refractivity contribution in [1.82, 2.24) is 0 Å². The van der Waals surface area contributed by atoms with Crippen LogP contribution in [0.1, 0.15) is 23.0 Å². The molecule has 0 radical (unpaired) electrons. The average Bonchev–Trinajstić information content (AvgIpc) is 2.15. The molecular weight excluding hydrogens is 208 g/mol. The number of rotatable bonds is 1. The van der Waals surface area contributed by atoms with E-state index in [0.717, 1.165) is 0 Å². The van der Waals surface area contributed by atoms with E-state index in [-0.39, 0.29) is 27.9 Å². The number of hydrogen-bond donors (Lipinski definition) is 1. The molecule has 1 aromatic heterocycles. The van der Waals surface area contributed by atoms with Gasteiger partial charge in [0.25, 0.3) is 0 Å². The number of hydrogen-bond acceptors (Lipinski definition) is 4. The number of aromatic hydroxyl groups is 1. The summed E-state index contributed by atoms with van der Waals surface area (Å²) in [5, 5.41) is 9.77. The molecule has 4 heteroatoms. The molecule has 1 aromatic carbocycles. The lowest BCUT2D eigenvalue weighted by atomic mass is 10.1. The summed E-state index contributed by atoms with van der Waals surface area (Å²) < 4.78 is 5.30. The number of ketones is 1. The Labute approximate surface area is 91.1 Å². The van der Waals surface area contributed by atoms with Crippen molar-refractivity contribution in [3.63, 3.8) is 0 Å². The van der Waals surface area contributed by atoms with E-state index in [1.54, 1.807) is 6.92 Å². The minimum Gasteiger partial charge on any atom is -0.507 e. The Morgan fingerprint density at radius 3 is 2.62 bits per heavy atom. The summed E-state index contributed by atoms with van der Waals surface area (Å²) in [6, 6.07) is 4.04. The fourth-order valence-corrected chi connectivity index (χ4v) is 1.59. The lowest BCUT2D eigenvalue weighted by Gasteiger charge is -2.03. The molecule has 0 amide bonds. The maximum absolute atomic E-state index is 11.6. The van der Waals surface area contributed by atoms with Crippen LogP contribution in [-0.2, 0) is 0 Å². The number of Topliss-reactive ketones (excluding diaryl/α,β-unsaturated/α-hetero) is 1. The summed E-state index contributed by atoms with van der Waals surface area (Å²) in [5.41, 5.74) is 0.236. The molecular formula is C12H10O4. The van der Waals surface area contributed by atoms with Crippen molar-refractivity contribution in [2.45, 2.75) is 13.8 Å². The lowest BCUT2D eigenvalue weighted by molar-refractivity contribution is 0.101. The molecule has 0 aliphatic carbocycles. The normalized spacial score (nSPS) is 10.6. The van der Waals surface area contributed by atoms with E-state index >= 15 is 0 Å². The predicted molar refractivity (Wildman–Crippen MR) is 58.9 cm³/mol. The number of carbonyl (C=O) groups is 1. The summed E-state index contributed by atoms with van der Waals surface area (Å²) >= 11 is 0. The molecule has 0 saturated heterocycles. The van der Waals surface area contributed by atoms with Crippen molar-refractivity contribution in [2.75, 3.05) is 0 Å². The van der Waals surface area contributed by atoms with Gasteiger partial charge in [0.2, 0.25) is 0 Å². The van der Waals surface area contributed by atoms with Gasteiger partial charge in [0, 0.05) is 11.6 Å². The highest BCUT2D eigenvalue weighted by molar-refractivity contribution is 5.99. The summed E-state index contributed by atoms with van der Waals surface area (Å²) in [7, 11) is 0. The van der Waals surface area contributed by atoms with Gasteiger partial charge < -0.3 is 9.52 Å². The second-order valence-corrected chi connectivity index (χ2v) is 3.65. The Kier molecular flexibility index (Phi) is 2.27. The smallest absolute Gasteiger partial charge is 0.196 e. The third-order valence-electron chi connectivity index (χ3n) is 2.34. The van der Waals surface area contributed by atoms with Crippen molar-refractivity contribution in [3.05, 3.63) is 39.7 Å². The number of phenolic OH excluding ortho intramolecular Hbond substituents is 1. The highest BCUT2D eigenvalue weighted by Crippen LogP contribution is 2.24. The van der Waals surface area contributed by atoms with Crippen LogP contribution in [0.4, 0.5) is 0 Å². The van der Waals surface area contributed by atoms with E-state index in [2.05, 4.69) is 0 Å². The highest BCUT2D eigenvalue weighted by atomic mass is 16.3. The molecule has 0 spiro atoms. The van der Waals surface area contributed by atoms with Crippen molar-refractivity contribution < 1.29 is 14.3 Å². The van der Waals surface area contributed by atoms with Crippen molar-refractivity contribution in [3.8, 4) is 5.75 Å². The number of aryl methyl sites for hydroxylation is 1. The monoisotopic (exact) mass is 218 g/mol. The van der Waals surface area contributed by atoms with Crippen molar-refractivity contribution in [1.29, 1.82) is 0 Å². The van der Waals surface area contributed by atoms with E-state index in [1.807, 2.05) is 0 Å². The second kappa shape index (κ2) is 3.48. The second-order valence-electron chi connectivity index (χ2n) is 3.65. The minimum atomic E-state index is -0.314. The van der Waals surface area contributed by atoms with Gasteiger partial charge in [0.1, 0.15) is 22.5 Å². The molecule has 4 nitrogen and oxygen atoms in total. The van der Waals surface area contributed by atoms with Gasteiger partial charge >= 0.3 is 0 Å². The number of fused-ring (bicyclic) bond motifs is 1. The maximum atomic E-state index is 11.6. The third kappa shape index (κ3) is 1.58. The molecule has 0 saturated carbocycles. The standard InChI is InChI=1S/C12H10O4/c1-6-3-9(14)12-10(15)4-8(7(2)13)5-11(12)16-6/h3-5,15H,1-2H3. The molecule has 16 heavy (non-hydrogen) atoms. The quantitative estimate of drug-likeness (QED) is 0.743. The van der Waals surface area contributed by atoms with Gasteiger partial charge in [0.15, 0.2) is 11.2 Å². The maximum Gasteiger partial charge on any atom is 0.196 e. The molecule has 2 rings (SSSR count). The fraction of sp³-hybridized carbons (Fsp3) is 0.167. The van der Waals surface area contributed by atoms with Crippen LogP contribution in [-0.4, -0.2) is 10.9 Å². The first-order chi connectivity index (χ1) is 7.49. The Balaban J connectivity index is 2.92. The molecule has 0 unspecified atom stereocenters. The van der Waals surface area contributed by atoms with E-state index in [1.165, 1.54) is 25.1 Å². The van der Waals surface area contributed by atoms with E-state index in [0.29, 0.717) is 11.3 Å². The SMILES string of the molecule is CC(=O)c1cc(O)c2c(=O)cc(C)oc2c1. The first-order valence-corrected chi connectivity index (χ1v) is 4.77. The molecule has 2 aromatic rings. The summed E-state index contributed by atoms with van der Waals surface area (Å²) in [4.78, 5) is 22.8. The molecule has 1 heterocycles. The molecule has 0 aliphatic heterocycles. The van der Waals surface area contributed by atoms with Gasteiger partial charge in [-0.05, 0) is 26.0 Å². The van der Waals surface area contributed by atoms with E-state index in [4.69, 9.17) is 4.42 Å². The third-order valence-corrected chi connectivity index (χ3v) is 2.34. The first kappa shape index (κ1) is 10.4. The highest BCUT2D eigenvalue weighted by Gasteiger charge is 2.11. The van der Waals surface area contributed by atoms with Gasteiger partial charge in [-0.3, -0.25) is 9.59 Å². The molecule has 0 aliphatic rings. The molecule has 0 atom stereocenters. The molecule has 1 N–H and O–H groups in total. The zero-order chi connectivity index (χ0) is 11.9. The molecule has 82 valence electrons. The van der Waals surface area contributed by atoms with Crippen LogP contribution < -0.4 is 5.43 Å². The summed E-state index contributed by atoms with van der Waals surface area (Å²) in [6.45, 7) is 3.02. The van der Waals surface area contributed by atoms with E-state index < -0.39 is 0 Å². The number of benzene rings is 1. The van der Waals surface area contributed by atoms with Crippen LogP contribution >= 0.6 is 0 Å². The fourth-order valence-electron chi connectivity index (χ4n) is 1.59. The summed E-state index contributed by atoms with van der Waals surface area (Å²) in [6.07, 6.45) is 0. The van der Waals surface area contributed by atoms with Gasteiger partial charge in [-0.15, -0.1) is 0 Å². The number of phenols is 1. The Morgan fingerprint density at radius 2 is 2.00 bits per heavy atom. The van der Waals surface area contributed by atoms with Crippen LogP contribution in [0.25, 0.3) is 11.0 Å². The predicted octanol–water partition coefficient (Wildman–Crippen LogP) is 2.01. The largest absolute Gasteiger partial charge is 0.507 e. The van der Waals surface area contributed by atoms with Gasteiger partial charge in [-0.2, -0.15) is 0 Å². The zero-order valence-corrected chi connectivity index (χ0v) is 8.90. The lowest BCUT2D eigenvalue weighted by Crippen LogP contribution is -2.02. The summed E-state index contributed by atoms with van der Waals surface area (Å²) in [5.74, 6) is 0.0235. The van der Waals surface area contributed by atoms with Crippen LogP contribution in [0.5, 0.6) is 5.75 Å². The van der Waals surface area contributed by atoms with Crippen LogP contribution in [0.15, 0.2) is 27.4 Å². The van der Waals surface area contributed by atoms with Crippen molar-refractivity contribution >= 4 is 16.8 Å². The Morgan fingerprint density at radius 1 is 1.31 bits per heavy atom. The van der Waals surface area contributed by atoms with Gasteiger partial charge in [-0.25, -0.2) is 0 Å². The van der Waals surface area contributed by atoms with Gasteiger partial charge in [-0.1, -0.05) is 0 Å². The molecule has 0 bridgehead atoms. The Hall–Kier alpha value is -2.10. The topological polar surface area (TPSA) is 67.5 Å². The van der Waals surface area contributed by atoms with Crippen LogP contribution in [0, 0.1) is 6.92 Å². The van der Waals surface area contributed by atoms with Crippen molar-refractivity contribution in [2.24, 2.45) is 0 Å². The minimum absolute atomic E-state index is 0.107. The number of carbonyl (C=O) groups excluding carboxylic acids is 1. The molecule has 0 fully saturated rings. The first-order valence-electron chi connectivity index (χ1n) is 4.77. The van der Waals surface area contributed by atoms with Crippen LogP contribution in [0.3, 0.4) is 0 Å². The average molecular weight is 218 g/mol.